The fraction of sp³-hybridized carbons (Fsp3) is 0.474. The number of hydrogen-bond donors (Lipinski definition) is 0. The zero-order chi connectivity index (χ0) is 18.3. The quantitative estimate of drug-likeness (QED) is 0.524. The van der Waals surface area contributed by atoms with E-state index in [2.05, 4.69) is 23.9 Å². The number of rotatable bonds is 3. The predicted molar refractivity (Wildman–Crippen MR) is 103 cm³/mol. The molecule has 0 aliphatic carbocycles. The van der Waals surface area contributed by atoms with Crippen molar-refractivity contribution in [2.24, 2.45) is 11.8 Å². The molecule has 4 rings (SSSR count). The second-order valence-electron chi connectivity index (χ2n) is 7.34. The maximum absolute atomic E-state index is 12.7. The molecule has 0 N–H and O–H groups in total. The van der Waals surface area contributed by atoms with Gasteiger partial charge in [-0.1, -0.05) is 37.7 Å². The topological polar surface area (TPSA) is 63.4 Å². The Morgan fingerprint density at radius 2 is 1.92 bits per heavy atom. The van der Waals surface area contributed by atoms with Gasteiger partial charge in [-0.05, 0) is 37.3 Å². The number of piperidine rings is 1. The van der Waals surface area contributed by atoms with Gasteiger partial charge < -0.3 is 4.90 Å². The van der Waals surface area contributed by atoms with E-state index in [0.717, 1.165) is 29.6 Å². The molecule has 1 aliphatic heterocycles. The lowest BCUT2D eigenvalue weighted by atomic mass is 9.92. The van der Waals surface area contributed by atoms with Gasteiger partial charge >= 0.3 is 0 Å². The van der Waals surface area contributed by atoms with E-state index in [0.29, 0.717) is 28.6 Å². The zero-order valence-corrected chi connectivity index (χ0v) is 16.2. The van der Waals surface area contributed by atoms with Crippen LogP contribution in [0.15, 0.2) is 29.4 Å². The minimum absolute atomic E-state index is 0.174. The number of carbonyl (C=O) groups is 1. The maximum Gasteiger partial charge on any atom is 0.233 e. The minimum Gasteiger partial charge on any atom is -0.341 e. The van der Waals surface area contributed by atoms with Gasteiger partial charge in [0.05, 0.1) is 11.3 Å². The number of hydrogen-bond acceptors (Lipinski definition) is 5. The van der Waals surface area contributed by atoms with Crippen LogP contribution in [0.4, 0.5) is 0 Å². The highest BCUT2D eigenvalue weighted by atomic mass is 32.2. The molecular weight excluding hydrogens is 346 g/mol. The average Bonchev–Trinajstić information content (AvgIpc) is 3.00. The first-order valence-corrected chi connectivity index (χ1v) is 10.0. The van der Waals surface area contributed by atoms with Crippen molar-refractivity contribution in [1.82, 2.24) is 24.5 Å². The Hall–Kier alpha value is -2.15. The first-order valence-electron chi connectivity index (χ1n) is 9.04. The molecule has 2 aromatic heterocycles. The largest absolute Gasteiger partial charge is 0.341 e. The number of thioether (sulfide) groups is 1. The highest BCUT2D eigenvalue weighted by Crippen LogP contribution is 2.25. The number of fused-ring (bicyclic) bond motifs is 3. The van der Waals surface area contributed by atoms with E-state index in [1.165, 1.54) is 18.2 Å². The number of benzene rings is 1. The second-order valence-corrected chi connectivity index (χ2v) is 8.28. The van der Waals surface area contributed by atoms with Gasteiger partial charge in [0.2, 0.25) is 5.91 Å². The van der Waals surface area contributed by atoms with Crippen molar-refractivity contribution >= 4 is 34.2 Å². The third-order valence-corrected chi connectivity index (χ3v) is 5.72. The van der Waals surface area contributed by atoms with Crippen LogP contribution in [-0.4, -0.2) is 49.2 Å². The van der Waals surface area contributed by atoms with Crippen molar-refractivity contribution in [3.8, 4) is 0 Å². The summed E-state index contributed by atoms with van der Waals surface area (Å²) in [6, 6.07) is 7.91. The maximum atomic E-state index is 12.7. The van der Waals surface area contributed by atoms with E-state index >= 15 is 0 Å². The number of likely N-dealkylation sites (tertiary alicyclic amines) is 1. The molecule has 136 valence electrons. The third kappa shape index (κ3) is 3.28. The van der Waals surface area contributed by atoms with Crippen LogP contribution in [-0.2, 0) is 4.79 Å². The van der Waals surface area contributed by atoms with Gasteiger partial charge in [0.25, 0.3) is 0 Å². The third-order valence-electron chi connectivity index (χ3n) is 4.80. The predicted octanol–water partition coefficient (Wildman–Crippen LogP) is 3.18. The van der Waals surface area contributed by atoms with Crippen LogP contribution in [0.2, 0.25) is 0 Å². The van der Waals surface area contributed by atoms with Crippen LogP contribution in [0.3, 0.4) is 0 Å². The number of nitrogens with zero attached hydrogens (tertiary/aromatic N) is 5. The molecule has 0 bridgehead atoms. The first kappa shape index (κ1) is 17.3. The van der Waals surface area contributed by atoms with Gasteiger partial charge in [-0.15, -0.1) is 5.10 Å². The highest BCUT2D eigenvalue weighted by molar-refractivity contribution is 7.99. The average molecular weight is 369 g/mol. The van der Waals surface area contributed by atoms with Crippen LogP contribution >= 0.6 is 11.8 Å². The number of aryl methyl sites for hydroxylation is 1. The van der Waals surface area contributed by atoms with Crippen LogP contribution < -0.4 is 0 Å². The summed E-state index contributed by atoms with van der Waals surface area (Å²) in [4.78, 5) is 24.0. The molecule has 26 heavy (non-hydrogen) atoms. The molecule has 2 atom stereocenters. The van der Waals surface area contributed by atoms with Gasteiger partial charge in [-0.2, -0.15) is 4.52 Å². The van der Waals surface area contributed by atoms with E-state index in [-0.39, 0.29) is 5.91 Å². The van der Waals surface area contributed by atoms with Gasteiger partial charge in [-0.25, -0.2) is 9.97 Å². The van der Waals surface area contributed by atoms with Crippen molar-refractivity contribution in [2.45, 2.75) is 32.3 Å². The van der Waals surface area contributed by atoms with Crippen LogP contribution in [0.5, 0.6) is 0 Å². The lowest BCUT2D eigenvalue weighted by Gasteiger charge is -2.34. The highest BCUT2D eigenvalue weighted by Gasteiger charge is 2.25. The number of para-hydroxylation sites is 1. The van der Waals surface area contributed by atoms with E-state index < -0.39 is 0 Å². The van der Waals surface area contributed by atoms with Crippen molar-refractivity contribution in [2.75, 3.05) is 18.8 Å². The van der Waals surface area contributed by atoms with Crippen molar-refractivity contribution < 1.29 is 4.79 Å². The van der Waals surface area contributed by atoms with Gasteiger partial charge in [-0.3, -0.25) is 4.79 Å². The molecule has 0 saturated carbocycles. The fourth-order valence-corrected chi connectivity index (χ4v) is 4.66. The molecular formula is C19H23N5OS. The molecule has 1 aliphatic rings. The number of carbonyl (C=O) groups excluding carboxylic acids is 1. The Kier molecular flexibility index (Phi) is 4.56. The molecule has 3 aromatic rings. The van der Waals surface area contributed by atoms with E-state index in [4.69, 9.17) is 4.98 Å². The monoisotopic (exact) mass is 369 g/mol. The van der Waals surface area contributed by atoms with Crippen molar-refractivity contribution in [3.63, 3.8) is 0 Å². The normalized spacial score (nSPS) is 20.8. The molecule has 1 fully saturated rings. The van der Waals surface area contributed by atoms with Crippen molar-refractivity contribution in [1.29, 1.82) is 0 Å². The Morgan fingerprint density at radius 3 is 2.69 bits per heavy atom. The molecule has 6 nitrogen and oxygen atoms in total. The standard InChI is InChI=1S/C19H23N5OS/c1-12-8-13(2)10-23(9-12)17(25)11-26-19-21-16-7-5-4-6-15(16)18-20-14(3)22-24(18)19/h4-7,12-13H,8-11H2,1-3H3/t12-,13+. The molecule has 1 aromatic carbocycles. The van der Waals surface area contributed by atoms with Gasteiger partial charge in [0.1, 0.15) is 5.82 Å². The van der Waals surface area contributed by atoms with Gasteiger partial charge in [0.15, 0.2) is 10.8 Å². The molecule has 3 heterocycles. The summed E-state index contributed by atoms with van der Waals surface area (Å²) in [6.07, 6.45) is 1.20. The first-order chi connectivity index (χ1) is 12.5. The lowest BCUT2D eigenvalue weighted by molar-refractivity contribution is -0.130. The minimum atomic E-state index is 0.174. The molecule has 0 spiro atoms. The summed E-state index contributed by atoms with van der Waals surface area (Å²) < 4.78 is 1.76. The van der Waals surface area contributed by atoms with Crippen LogP contribution in [0, 0.1) is 18.8 Å². The zero-order valence-electron chi connectivity index (χ0n) is 15.3. The Bertz CT molecular complexity index is 959. The van der Waals surface area contributed by atoms with E-state index in [1.807, 2.05) is 36.1 Å². The Morgan fingerprint density at radius 1 is 1.19 bits per heavy atom. The Labute approximate surface area is 157 Å². The smallest absolute Gasteiger partial charge is 0.233 e. The second kappa shape index (κ2) is 6.87. The summed E-state index contributed by atoms with van der Waals surface area (Å²) in [5, 5.41) is 6.16. The molecule has 0 unspecified atom stereocenters. The molecule has 1 saturated heterocycles. The summed E-state index contributed by atoms with van der Waals surface area (Å²) in [6.45, 7) is 8.02. The summed E-state index contributed by atoms with van der Waals surface area (Å²) in [5.41, 5.74) is 1.67. The number of amides is 1. The molecule has 0 radical (unpaired) electrons. The van der Waals surface area contributed by atoms with Crippen LogP contribution in [0.1, 0.15) is 26.1 Å². The van der Waals surface area contributed by atoms with Crippen LogP contribution in [0.25, 0.3) is 16.6 Å². The molecule has 7 heteroatoms. The van der Waals surface area contributed by atoms with E-state index in [1.54, 1.807) is 4.52 Å². The molecule has 1 amide bonds. The SMILES string of the molecule is Cc1nc2c3ccccc3nc(SCC(=O)N3C[C@H](C)C[C@H](C)C3)n2n1. The fourth-order valence-electron chi connectivity index (χ4n) is 3.81. The number of aromatic nitrogens is 4. The summed E-state index contributed by atoms with van der Waals surface area (Å²) >= 11 is 1.44. The van der Waals surface area contributed by atoms with Crippen molar-refractivity contribution in [3.05, 3.63) is 30.1 Å². The van der Waals surface area contributed by atoms with E-state index in [9.17, 15) is 4.79 Å². The van der Waals surface area contributed by atoms with Gasteiger partial charge in [0, 0.05) is 18.5 Å². The summed E-state index contributed by atoms with van der Waals surface area (Å²) in [7, 11) is 0. The Balaban J connectivity index is 1.59. The summed E-state index contributed by atoms with van der Waals surface area (Å²) in [5.74, 6) is 2.38. The lowest BCUT2D eigenvalue weighted by Crippen LogP contribution is -2.43.